The number of hydrogen-bond acceptors (Lipinski definition) is 1. The second kappa shape index (κ2) is 3.77. The van der Waals surface area contributed by atoms with Gasteiger partial charge in [-0.05, 0) is 30.9 Å². The van der Waals surface area contributed by atoms with Crippen molar-refractivity contribution >= 4 is 0 Å². The zero-order chi connectivity index (χ0) is 10.0. The van der Waals surface area contributed by atoms with E-state index in [9.17, 15) is 0 Å². The Morgan fingerprint density at radius 1 is 1.36 bits per heavy atom. The quantitative estimate of drug-likeness (QED) is 0.766. The van der Waals surface area contributed by atoms with Crippen LogP contribution in [0.15, 0.2) is 24.5 Å². The molecule has 2 atom stereocenters. The van der Waals surface area contributed by atoms with Crippen molar-refractivity contribution in [2.75, 3.05) is 6.54 Å². The van der Waals surface area contributed by atoms with E-state index in [4.69, 9.17) is 5.73 Å². The fourth-order valence-electron chi connectivity index (χ4n) is 2.82. The molecule has 1 heterocycles. The third-order valence-corrected chi connectivity index (χ3v) is 3.89. The van der Waals surface area contributed by atoms with Gasteiger partial charge in [-0.15, -0.1) is 0 Å². The van der Waals surface area contributed by atoms with E-state index in [-0.39, 0.29) is 5.54 Å². The lowest BCUT2D eigenvalue weighted by Gasteiger charge is -2.43. The minimum atomic E-state index is 0.196. The van der Waals surface area contributed by atoms with Gasteiger partial charge in [0.2, 0.25) is 0 Å². The first-order valence-electron chi connectivity index (χ1n) is 5.63. The van der Waals surface area contributed by atoms with Gasteiger partial charge in [-0.25, -0.2) is 0 Å². The molecule has 1 aliphatic carbocycles. The monoisotopic (exact) mass is 192 g/mol. The summed E-state index contributed by atoms with van der Waals surface area (Å²) in [6.45, 7) is 3.11. The van der Waals surface area contributed by atoms with Crippen LogP contribution in [0.1, 0.15) is 32.6 Å². The van der Waals surface area contributed by atoms with Crippen LogP contribution in [0.2, 0.25) is 0 Å². The Balaban J connectivity index is 2.32. The molecule has 2 nitrogen and oxygen atoms in total. The maximum atomic E-state index is 6.00. The van der Waals surface area contributed by atoms with Gasteiger partial charge in [0.05, 0.1) is 5.54 Å². The predicted octanol–water partition coefficient (Wildman–Crippen LogP) is 2.35. The molecular formula is C12H20N2. The number of aromatic nitrogens is 1. The molecule has 2 unspecified atom stereocenters. The molecule has 0 spiro atoms. The fraction of sp³-hybridized carbons (Fsp3) is 0.667. The Morgan fingerprint density at radius 3 is 2.64 bits per heavy atom. The summed E-state index contributed by atoms with van der Waals surface area (Å²) in [6, 6.07) is 4.19. The van der Waals surface area contributed by atoms with Crippen LogP contribution in [0.4, 0.5) is 0 Å². The fourth-order valence-corrected chi connectivity index (χ4v) is 2.82. The Labute approximate surface area is 86.1 Å². The summed E-state index contributed by atoms with van der Waals surface area (Å²) < 4.78 is 2.33. The molecule has 0 saturated heterocycles. The largest absolute Gasteiger partial charge is 0.347 e. The topological polar surface area (TPSA) is 30.9 Å². The second-order valence-electron chi connectivity index (χ2n) is 4.54. The lowest BCUT2D eigenvalue weighted by molar-refractivity contribution is 0.125. The molecule has 1 aromatic heterocycles. The van der Waals surface area contributed by atoms with E-state index in [1.165, 1.54) is 25.7 Å². The lowest BCUT2D eigenvalue weighted by atomic mass is 9.73. The molecule has 1 fully saturated rings. The van der Waals surface area contributed by atoms with Crippen molar-refractivity contribution in [3.8, 4) is 0 Å². The van der Waals surface area contributed by atoms with Crippen LogP contribution >= 0.6 is 0 Å². The SMILES string of the molecule is CC1CCCCC1(CN)n1cccc1. The summed E-state index contributed by atoms with van der Waals surface area (Å²) in [7, 11) is 0. The Hall–Kier alpha value is -0.760. The molecule has 0 amide bonds. The maximum absolute atomic E-state index is 6.00. The summed E-state index contributed by atoms with van der Waals surface area (Å²) in [5.41, 5.74) is 6.20. The van der Waals surface area contributed by atoms with Gasteiger partial charge in [-0.3, -0.25) is 0 Å². The van der Waals surface area contributed by atoms with E-state index < -0.39 is 0 Å². The van der Waals surface area contributed by atoms with Crippen molar-refractivity contribution in [1.29, 1.82) is 0 Å². The second-order valence-corrected chi connectivity index (χ2v) is 4.54. The van der Waals surface area contributed by atoms with Crippen LogP contribution < -0.4 is 5.73 Å². The van der Waals surface area contributed by atoms with Gasteiger partial charge in [-0.2, -0.15) is 0 Å². The molecule has 2 rings (SSSR count). The van der Waals surface area contributed by atoms with E-state index in [0.29, 0.717) is 5.92 Å². The smallest absolute Gasteiger partial charge is 0.0587 e. The number of rotatable bonds is 2. The van der Waals surface area contributed by atoms with Gasteiger partial charge < -0.3 is 10.3 Å². The van der Waals surface area contributed by atoms with Crippen molar-refractivity contribution in [3.05, 3.63) is 24.5 Å². The minimum absolute atomic E-state index is 0.196. The molecule has 1 saturated carbocycles. The van der Waals surface area contributed by atoms with Gasteiger partial charge in [0, 0.05) is 18.9 Å². The molecule has 0 bridgehead atoms. The summed E-state index contributed by atoms with van der Waals surface area (Å²) >= 11 is 0. The highest BCUT2D eigenvalue weighted by Crippen LogP contribution is 2.38. The van der Waals surface area contributed by atoms with Crippen molar-refractivity contribution in [1.82, 2.24) is 4.57 Å². The van der Waals surface area contributed by atoms with Crippen LogP contribution in [0, 0.1) is 5.92 Å². The van der Waals surface area contributed by atoms with E-state index in [1.807, 2.05) is 0 Å². The summed E-state index contributed by atoms with van der Waals surface area (Å²) in [5, 5.41) is 0. The molecular weight excluding hydrogens is 172 g/mol. The van der Waals surface area contributed by atoms with Crippen LogP contribution in [0.5, 0.6) is 0 Å². The predicted molar refractivity (Wildman–Crippen MR) is 59.1 cm³/mol. The first kappa shape index (κ1) is 9.78. The molecule has 1 aliphatic rings. The minimum Gasteiger partial charge on any atom is -0.347 e. The average molecular weight is 192 g/mol. The maximum Gasteiger partial charge on any atom is 0.0587 e. The summed E-state index contributed by atoms with van der Waals surface area (Å²) in [6.07, 6.45) is 9.56. The van der Waals surface area contributed by atoms with Crippen LogP contribution in [0.25, 0.3) is 0 Å². The van der Waals surface area contributed by atoms with Crippen molar-refractivity contribution in [2.45, 2.75) is 38.1 Å². The molecule has 0 aromatic carbocycles. The van der Waals surface area contributed by atoms with Crippen molar-refractivity contribution in [2.24, 2.45) is 11.7 Å². The Morgan fingerprint density at radius 2 is 2.07 bits per heavy atom. The average Bonchev–Trinajstić information content (AvgIpc) is 2.72. The number of nitrogens with two attached hydrogens (primary N) is 1. The highest BCUT2D eigenvalue weighted by Gasteiger charge is 2.37. The summed E-state index contributed by atoms with van der Waals surface area (Å²) in [4.78, 5) is 0. The van der Waals surface area contributed by atoms with Crippen molar-refractivity contribution < 1.29 is 0 Å². The third kappa shape index (κ3) is 1.38. The molecule has 1 aromatic rings. The van der Waals surface area contributed by atoms with Gasteiger partial charge in [0.15, 0.2) is 0 Å². The highest BCUT2D eigenvalue weighted by atomic mass is 15.1. The highest BCUT2D eigenvalue weighted by molar-refractivity contribution is 5.02. The first-order valence-corrected chi connectivity index (χ1v) is 5.63. The van der Waals surface area contributed by atoms with Crippen LogP contribution in [0.3, 0.4) is 0 Å². The standard InChI is InChI=1S/C12H20N2/c1-11-6-2-3-7-12(11,10-13)14-8-4-5-9-14/h4-5,8-9,11H,2-3,6-7,10,13H2,1H3. The third-order valence-electron chi connectivity index (χ3n) is 3.89. The van der Waals surface area contributed by atoms with E-state index in [1.54, 1.807) is 0 Å². The lowest BCUT2D eigenvalue weighted by Crippen LogP contribution is -2.47. The summed E-state index contributed by atoms with van der Waals surface area (Å²) in [5.74, 6) is 0.702. The van der Waals surface area contributed by atoms with E-state index >= 15 is 0 Å². The van der Waals surface area contributed by atoms with Gasteiger partial charge in [-0.1, -0.05) is 19.8 Å². The van der Waals surface area contributed by atoms with Gasteiger partial charge in [0.25, 0.3) is 0 Å². The Bertz CT molecular complexity index is 279. The van der Waals surface area contributed by atoms with E-state index in [2.05, 4.69) is 36.0 Å². The molecule has 0 aliphatic heterocycles. The normalized spacial score (nSPS) is 33.1. The van der Waals surface area contributed by atoms with Crippen LogP contribution in [-0.4, -0.2) is 11.1 Å². The molecule has 2 N–H and O–H groups in total. The molecule has 0 radical (unpaired) electrons. The number of hydrogen-bond donors (Lipinski definition) is 1. The van der Waals surface area contributed by atoms with Gasteiger partial charge in [0.1, 0.15) is 0 Å². The van der Waals surface area contributed by atoms with Crippen molar-refractivity contribution in [3.63, 3.8) is 0 Å². The molecule has 2 heteroatoms. The molecule has 14 heavy (non-hydrogen) atoms. The number of nitrogens with zero attached hydrogens (tertiary/aromatic N) is 1. The first-order chi connectivity index (χ1) is 6.79. The molecule has 78 valence electrons. The van der Waals surface area contributed by atoms with Gasteiger partial charge >= 0.3 is 0 Å². The van der Waals surface area contributed by atoms with E-state index in [0.717, 1.165) is 6.54 Å². The Kier molecular flexibility index (Phi) is 2.64. The zero-order valence-corrected chi connectivity index (χ0v) is 8.95. The van der Waals surface area contributed by atoms with Crippen LogP contribution in [-0.2, 0) is 5.54 Å². The zero-order valence-electron chi connectivity index (χ0n) is 8.95.